The van der Waals surface area contributed by atoms with Crippen LogP contribution in [0.25, 0.3) is 111 Å². The van der Waals surface area contributed by atoms with Crippen molar-refractivity contribution in [2.45, 2.75) is 0 Å². The molecule has 0 radical (unpaired) electrons. The van der Waals surface area contributed by atoms with Gasteiger partial charge in [-0.05, 0) is 100 Å². The highest BCUT2D eigenvalue weighted by atomic mass is 16.5. The fourth-order valence-electron chi connectivity index (χ4n) is 9.93. The van der Waals surface area contributed by atoms with Gasteiger partial charge in [-0.15, -0.1) is 0 Å². The van der Waals surface area contributed by atoms with Gasteiger partial charge in [0.25, 0.3) is 6.33 Å². The van der Waals surface area contributed by atoms with Gasteiger partial charge in [-0.2, -0.15) is 0 Å². The lowest BCUT2D eigenvalue weighted by atomic mass is 9.89. The third-order valence-corrected chi connectivity index (χ3v) is 12.7. The van der Waals surface area contributed by atoms with Gasteiger partial charge in [-0.25, -0.2) is 4.98 Å². The minimum Gasteiger partial charge on any atom is -0.458 e. The maximum Gasteiger partial charge on any atom is 0.269 e. The number of rotatable bonds is 5. The Hall–Kier alpha value is -9.00. The molecule has 0 spiro atoms. The maximum absolute atomic E-state index is 9.39. The average molecular weight is 852 g/mol. The van der Waals surface area contributed by atoms with Gasteiger partial charge >= 0.3 is 0 Å². The Labute approximate surface area is 390 Å². The van der Waals surface area contributed by atoms with Crippen LogP contribution in [0, 0.1) is 6.33 Å². The van der Waals surface area contributed by atoms with Crippen molar-refractivity contribution >= 4 is 54.6 Å². The van der Waals surface area contributed by atoms with E-state index in [1.165, 1.54) is 0 Å². The van der Waals surface area contributed by atoms with Crippen molar-refractivity contribution in [3.63, 3.8) is 0 Å². The topological polar surface area (TPSA) is 40.8 Å². The molecule has 0 saturated carbocycles. The first kappa shape index (κ1) is 29.4. The molecule has 14 rings (SSSR count). The van der Waals surface area contributed by atoms with Gasteiger partial charge in [0.05, 0.1) is 61.6 Å². The SMILES string of the molecule is [2H]c1c([2H])c([2H])c2c(c1[2H])-c1ccccc1-[n+]1[c-]n(-c3cccc(Oc4ccc5c6ccccc6n(-c6cc7c8ccccc8n(-c8ccccc8)c7cn6)c5c4)c3)c3cccc(c31)-c1c([2H])c([2H])c([2H])c([2H])c1-2. The van der Waals surface area contributed by atoms with Gasteiger partial charge in [0, 0.05) is 33.3 Å². The number of nitrogens with zero attached hydrogens (tertiary/aromatic N) is 5. The van der Waals surface area contributed by atoms with Crippen LogP contribution >= 0.6 is 0 Å². The Bertz CT molecular complexity index is 4580. The molecule has 5 heterocycles. The molecule has 66 heavy (non-hydrogen) atoms. The van der Waals surface area contributed by atoms with Crippen LogP contribution in [-0.2, 0) is 0 Å². The molecule has 6 nitrogen and oxygen atoms in total. The number of para-hydroxylation sites is 5. The molecule has 9 aromatic carbocycles. The largest absolute Gasteiger partial charge is 0.458 e. The summed E-state index contributed by atoms with van der Waals surface area (Å²) >= 11 is 0. The second kappa shape index (κ2) is 14.3. The number of benzene rings is 9. The first-order valence-electron chi connectivity index (χ1n) is 25.6. The Balaban J connectivity index is 0.927. The molecule has 0 N–H and O–H groups in total. The molecular formula is C60H37N5O. The van der Waals surface area contributed by atoms with E-state index in [-0.39, 0.29) is 34.3 Å². The van der Waals surface area contributed by atoms with E-state index in [4.69, 9.17) is 15.2 Å². The summed E-state index contributed by atoms with van der Waals surface area (Å²) in [5.41, 5.74) is 8.56. The summed E-state index contributed by atoms with van der Waals surface area (Å²) in [5, 5.41) is 4.33. The fourth-order valence-corrected chi connectivity index (χ4v) is 9.93. The van der Waals surface area contributed by atoms with Gasteiger partial charge in [-0.1, -0.05) is 145 Å². The van der Waals surface area contributed by atoms with Gasteiger partial charge in [-0.3, -0.25) is 13.7 Å². The Morgan fingerprint density at radius 1 is 0.439 bits per heavy atom. The summed E-state index contributed by atoms with van der Waals surface area (Å²) in [6, 6.07) is 52.3. The van der Waals surface area contributed by atoms with Crippen molar-refractivity contribution in [3.8, 4) is 67.8 Å². The van der Waals surface area contributed by atoms with Crippen molar-refractivity contribution in [1.82, 2.24) is 18.7 Å². The first-order valence-corrected chi connectivity index (χ1v) is 21.6. The van der Waals surface area contributed by atoms with Crippen molar-refractivity contribution in [2.24, 2.45) is 0 Å². The number of hydrogen-bond donors (Lipinski definition) is 0. The van der Waals surface area contributed by atoms with Gasteiger partial charge in [0.1, 0.15) is 17.3 Å². The van der Waals surface area contributed by atoms with E-state index < -0.39 is 36.3 Å². The molecule has 6 heteroatoms. The summed E-state index contributed by atoms with van der Waals surface area (Å²) in [6.45, 7) is 0. The molecule has 1 aliphatic rings. The lowest BCUT2D eigenvalue weighted by Gasteiger charge is -2.15. The zero-order valence-electron chi connectivity index (χ0n) is 42.9. The third-order valence-electron chi connectivity index (χ3n) is 12.7. The second-order valence-electron chi connectivity index (χ2n) is 16.3. The van der Waals surface area contributed by atoms with Crippen LogP contribution < -0.4 is 9.30 Å². The average Bonchev–Trinajstić information content (AvgIpc) is 4.17. The van der Waals surface area contributed by atoms with Crippen molar-refractivity contribution in [3.05, 3.63) is 231 Å². The molecule has 1 aliphatic heterocycles. The van der Waals surface area contributed by atoms with E-state index >= 15 is 0 Å². The number of ether oxygens (including phenoxy) is 1. The Morgan fingerprint density at radius 2 is 1.03 bits per heavy atom. The molecule has 0 unspecified atom stereocenters. The number of aromatic nitrogens is 5. The minimum absolute atomic E-state index is 0.00558. The third kappa shape index (κ3) is 5.42. The van der Waals surface area contributed by atoms with Crippen LogP contribution in [0.2, 0.25) is 0 Å². The molecule has 0 amide bonds. The predicted octanol–water partition coefficient (Wildman–Crippen LogP) is 14.4. The zero-order chi connectivity index (χ0) is 50.3. The highest BCUT2D eigenvalue weighted by Gasteiger charge is 2.24. The van der Waals surface area contributed by atoms with Gasteiger partial charge in [0.2, 0.25) is 0 Å². The van der Waals surface area contributed by atoms with Crippen LogP contribution in [0.4, 0.5) is 0 Å². The Morgan fingerprint density at radius 3 is 1.83 bits per heavy atom. The molecule has 0 bridgehead atoms. The molecule has 0 atom stereocenters. The summed E-state index contributed by atoms with van der Waals surface area (Å²) in [4.78, 5) is 5.14. The lowest BCUT2D eigenvalue weighted by molar-refractivity contribution is -0.571. The van der Waals surface area contributed by atoms with Crippen molar-refractivity contribution in [1.29, 1.82) is 0 Å². The summed E-state index contributed by atoms with van der Waals surface area (Å²) < 4.78 is 87.3. The van der Waals surface area contributed by atoms with E-state index in [2.05, 4.69) is 76.1 Å². The molecule has 0 fully saturated rings. The number of fused-ring (bicyclic) bond motifs is 13. The van der Waals surface area contributed by atoms with Crippen LogP contribution in [0.15, 0.2) is 224 Å². The van der Waals surface area contributed by atoms with Crippen LogP contribution in [-0.4, -0.2) is 18.7 Å². The quantitative estimate of drug-likeness (QED) is 0.128. The highest BCUT2D eigenvalue weighted by molar-refractivity contribution is 6.12. The number of hydrogen-bond acceptors (Lipinski definition) is 2. The molecule has 0 saturated heterocycles. The normalized spacial score (nSPS) is 13.6. The minimum atomic E-state index is -0.511. The molecule has 13 aromatic rings. The van der Waals surface area contributed by atoms with Crippen molar-refractivity contribution < 1.29 is 20.3 Å². The van der Waals surface area contributed by atoms with E-state index in [0.717, 1.165) is 55.1 Å². The maximum atomic E-state index is 9.39. The fraction of sp³-hybridized carbons (Fsp3) is 0. The smallest absolute Gasteiger partial charge is 0.269 e. The zero-order valence-corrected chi connectivity index (χ0v) is 34.9. The lowest BCUT2D eigenvalue weighted by Crippen LogP contribution is -2.30. The standard InChI is InChI=1S/C60H37N5O/c1-2-16-39(17-3-1)64-54-29-12-10-26-49(54)52-36-59(61-37-58(52)64)65-55-30-13-9-25-48(55)50-33-32-42(35-57(50)65)66-41-19-14-18-40(34-41)62-38-63-53-28-11-8-24-47(53)45-22-6-4-20-43(45)44-21-5-7-23-46(44)51-27-15-31-56(62)60(51)63/h1-37H/i4D,5D,6D,7D,20D,21D,22D,23D. The first-order chi connectivity index (χ1) is 36.1. The van der Waals surface area contributed by atoms with Crippen LogP contribution in [0.3, 0.4) is 0 Å². The van der Waals surface area contributed by atoms with E-state index in [0.29, 0.717) is 45.0 Å². The number of imidazole rings is 1. The molecule has 308 valence electrons. The van der Waals surface area contributed by atoms with E-state index in [9.17, 15) is 5.48 Å². The van der Waals surface area contributed by atoms with Crippen LogP contribution in [0.1, 0.15) is 11.0 Å². The summed E-state index contributed by atoms with van der Waals surface area (Å²) in [7, 11) is 0. The molecule has 0 aliphatic carbocycles. The second-order valence-corrected chi connectivity index (χ2v) is 16.3. The van der Waals surface area contributed by atoms with Gasteiger partial charge < -0.3 is 9.30 Å². The predicted molar refractivity (Wildman–Crippen MR) is 266 cm³/mol. The van der Waals surface area contributed by atoms with Crippen LogP contribution in [0.5, 0.6) is 11.5 Å². The monoisotopic (exact) mass is 851 g/mol. The number of pyridine rings is 1. The highest BCUT2D eigenvalue weighted by Crippen LogP contribution is 2.43. The van der Waals surface area contributed by atoms with Crippen molar-refractivity contribution in [2.75, 3.05) is 0 Å². The van der Waals surface area contributed by atoms with E-state index in [1.54, 1.807) is 18.2 Å². The molecule has 4 aromatic heterocycles. The summed E-state index contributed by atoms with van der Waals surface area (Å²) in [6.07, 6.45) is 5.51. The van der Waals surface area contributed by atoms with E-state index in [1.807, 2.05) is 106 Å². The van der Waals surface area contributed by atoms with Gasteiger partial charge in [0.15, 0.2) is 0 Å². The molecular weight excluding hydrogens is 807 g/mol. The Kier molecular flexibility index (Phi) is 6.35. The summed E-state index contributed by atoms with van der Waals surface area (Å²) in [5.74, 6) is 1.91.